The Hall–Kier alpha value is -1.58. The predicted molar refractivity (Wildman–Crippen MR) is 49.0 cm³/mol. The lowest BCUT2D eigenvalue weighted by molar-refractivity contribution is -0.385. The van der Waals surface area contributed by atoms with Gasteiger partial charge in [0, 0.05) is 6.07 Å². The number of nitro groups is 1. The minimum Gasteiger partial charge on any atom is -0.493 e. The third-order valence-corrected chi connectivity index (χ3v) is 1.75. The van der Waals surface area contributed by atoms with Crippen LogP contribution < -0.4 is 4.74 Å². The van der Waals surface area contributed by atoms with E-state index in [1.807, 2.05) is 6.92 Å². The topological polar surface area (TPSA) is 52.4 Å². The van der Waals surface area contributed by atoms with E-state index >= 15 is 0 Å². The largest absolute Gasteiger partial charge is 0.493 e. The molecule has 1 rings (SSSR count). The van der Waals surface area contributed by atoms with E-state index < -0.39 is 4.92 Å². The molecule has 0 saturated heterocycles. The number of rotatable bonds is 3. The number of hydrogen-bond acceptors (Lipinski definition) is 3. The predicted octanol–water partition coefficient (Wildman–Crippen LogP) is 2.30. The van der Waals surface area contributed by atoms with Gasteiger partial charge in [-0.05, 0) is 19.9 Å². The van der Waals surface area contributed by atoms with Gasteiger partial charge >= 0.3 is 0 Å². The molecule has 0 spiro atoms. The fraction of sp³-hybridized carbons (Fsp3) is 0.333. The van der Waals surface area contributed by atoms with Crippen LogP contribution in [0.4, 0.5) is 5.69 Å². The van der Waals surface area contributed by atoms with Crippen LogP contribution in [0.25, 0.3) is 0 Å². The summed E-state index contributed by atoms with van der Waals surface area (Å²) in [6.07, 6.45) is 0. The fourth-order valence-corrected chi connectivity index (χ4v) is 1.11. The summed E-state index contributed by atoms with van der Waals surface area (Å²) < 4.78 is 5.22. The van der Waals surface area contributed by atoms with Gasteiger partial charge in [-0.3, -0.25) is 10.1 Å². The van der Waals surface area contributed by atoms with Crippen molar-refractivity contribution in [3.63, 3.8) is 0 Å². The average molecular weight is 181 g/mol. The summed E-state index contributed by atoms with van der Waals surface area (Å²) in [6, 6.07) is 4.82. The molecule has 0 amide bonds. The van der Waals surface area contributed by atoms with Crippen molar-refractivity contribution < 1.29 is 9.66 Å². The normalized spacial score (nSPS) is 9.69. The van der Waals surface area contributed by atoms with Crippen molar-refractivity contribution >= 4 is 5.69 Å². The Labute approximate surface area is 76.3 Å². The van der Waals surface area contributed by atoms with Gasteiger partial charge < -0.3 is 4.74 Å². The summed E-state index contributed by atoms with van der Waals surface area (Å²) in [5.74, 6) is 0.580. The Morgan fingerprint density at radius 2 is 2.23 bits per heavy atom. The number of nitrogens with zero attached hydrogens (tertiary/aromatic N) is 1. The minimum atomic E-state index is -0.405. The first-order valence-electron chi connectivity index (χ1n) is 4.03. The molecule has 1 aromatic rings. The van der Waals surface area contributed by atoms with E-state index in [4.69, 9.17) is 4.74 Å². The van der Waals surface area contributed by atoms with E-state index in [1.165, 1.54) is 6.07 Å². The molecule has 0 aliphatic heterocycles. The van der Waals surface area contributed by atoms with E-state index in [-0.39, 0.29) is 5.69 Å². The summed E-state index contributed by atoms with van der Waals surface area (Å²) in [6.45, 7) is 4.05. The lowest BCUT2D eigenvalue weighted by Gasteiger charge is -2.05. The Kier molecular flexibility index (Phi) is 2.84. The van der Waals surface area contributed by atoms with Gasteiger partial charge in [-0.25, -0.2) is 0 Å². The van der Waals surface area contributed by atoms with E-state index in [0.29, 0.717) is 17.9 Å². The zero-order chi connectivity index (χ0) is 9.84. The lowest BCUT2D eigenvalue weighted by Crippen LogP contribution is -1.97. The molecule has 0 unspecified atom stereocenters. The Morgan fingerprint density at radius 1 is 1.54 bits per heavy atom. The van der Waals surface area contributed by atoms with Crippen LogP contribution in [-0.2, 0) is 0 Å². The van der Waals surface area contributed by atoms with Gasteiger partial charge in [0.15, 0.2) is 0 Å². The van der Waals surface area contributed by atoms with Crippen molar-refractivity contribution in [2.45, 2.75) is 13.8 Å². The van der Waals surface area contributed by atoms with Crippen LogP contribution in [0.3, 0.4) is 0 Å². The smallest absolute Gasteiger partial charge is 0.276 e. The monoisotopic (exact) mass is 181 g/mol. The van der Waals surface area contributed by atoms with Gasteiger partial charge in [0.1, 0.15) is 5.75 Å². The maximum absolute atomic E-state index is 10.5. The average Bonchev–Trinajstić information content (AvgIpc) is 2.08. The van der Waals surface area contributed by atoms with Gasteiger partial charge in [-0.2, -0.15) is 0 Å². The van der Waals surface area contributed by atoms with E-state index in [2.05, 4.69) is 0 Å². The van der Waals surface area contributed by atoms with Gasteiger partial charge in [-0.15, -0.1) is 0 Å². The second-order valence-electron chi connectivity index (χ2n) is 2.59. The van der Waals surface area contributed by atoms with E-state index in [0.717, 1.165) is 0 Å². The van der Waals surface area contributed by atoms with Crippen LogP contribution in [0.1, 0.15) is 12.5 Å². The summed E-state index contributed by atoms with van der Waals surface area (Å²) in [7, 11) is 0. The Bertz CT molecular complexity index is 323. The third kappa shape index (κ3) is 1.96. The molecule has 4 heteroatoms. The molecule has 70 valence electrons. The van der Waals surface area contributed by atoms with E-state index in [1.54, 1.807) is 19.1 Å². The van der Waals surface area contributed by atoms with Crippen LogP contribution in [0.5, 0.6) is 5.75 Å². The highest BCUT2D eigenvalue weighted by Crippen LogP contribution is 2.26. The maximum Gasteiger partial charge on any atom is 0.276 e. The molecule has 0 bridgehead atoms. The lowest BCUT2D eigenvalue weighted by atomic mass is 10.2. The first kappa shape index (κ1) is 9.51. The van der Waals surface area contributed by atoms with Crippen molar-refractivity contribution in [2.75, 3.05) is 6.61 Å². The molecule has 0 saturated carbocycles. The summed E-state index contributed by atoms with van der Waals surface area (Å²) >= 11 is 0. The number of nitro benzene ring substituents is 1. The standard InChI is InChI=1S/C9H11NO3/c1-3-13-9-6-4-5-8(7(9)2)10(11)12/h4-6H,3H2,1-2H3. The number of hydrogen-bond donors (Lipinski definition) is 0. The van der Waals surface area contributed by atoms with Gasteiger partial charge in [0.05, 0.1) is 17.1 Å². The molecule has 0 N–H and O–H groups in total. The molecular formula is C9H11NO3. The molecule has 0 aliphatic rings. The van der Waals surface area contributed by atoms with Crippen molar-refractivity contribution in [1.82, 2.24) is 0 Å². The van der Waals surface area contributed by atoms with Crippen molar-refractivity contribution in [3.05, 3.63) is 33.9 Å². The van der Waals surface area contributed by atoms with Crippen molar-refractivity contribution in [2.24, 2.45) is 0 Å². The first-order chi connectivity index (χ1) is 6.16. The van der Waals surface area contributed by atoms with Crippen LogP contribution in [0.2, 0.25) is 0 Å². The second kappa shape index (κ2) is 3.89. The maximum atomic E-state index is 10.5. The molecule has 0 atom stereocenters. The van der Waals surface area contributed by atoms with Gasteiger partial charge in [0.25, 0.3) is 5.69 Å². The highest BCUT2D eigenvalue weighted by molar-refractivity contribution is 5.48. The summed E-state index contributed by atoms with van der Waals surface area (Å²) in [4.78, 5) is 10.1. The first-order valence-corrected chi connectivity index (χ1v) is 4.03. The van der Waals surface area contributed by atoms with Crippen molar-refractivity contribution in [3.8, 4) is 5.75 Å². The number of benzene rings is 1. The SMILES string of the molecule is CCOc1cccc([N+](=O)[O-])c1C. The third-order valence-electron chi connectivity index (χ3n) is 1.75. The Morgan fingerprint density at radius 3 is 2.77 bits per heavy atom. The van der Waals surface area contributed by atoms with Crippen LogP contribution in [0.15, 0.2) is 18.2 Å². The summed E-state index contributed by atoms with van der Waals surface area (Å²) in [5.41, 5.74) is 0.681. The molecular weight excluding hydrogens is 170 g/mol. The molecule has 0 aromatic heterocycles. The van der Waals surface area contributed by atoms with Crippen molar-refractivity contribution in [1.29, 1.82) is 0 Å². The molecule has 0 fully saturated rings. The van der Waals surface area contributed by atoms with Gasteiger partial charge in [0.2, 0.25) is 0 Å². The fourth-order valence-electron chi connectivity index (χ4n) is 1.11. The highest BCUT2D eigenvalue weighted by Gasteiger charge is 2.13. The molecule has 0 radical (unpaired) electrons. The Balaban J connectivity index is 3.10. The molecule has 4 nitrogen and oxygen atoms in total. The molecule has 0 heterocycles. The van der Waals surface area contributed by atoms with Crippen LogP contribution in [0, 0.1) is 17.0 Å². The summed E-state index contributed by atoms with van der Waals surface area (Å²) in [5, 5.41) is 10.5. The zero-order valence-electron chi connectivity index (χ0n) is 7.61. The van der Waals surface area contributed by atoms with Gasteiger partial charge in [-0.1, -0.05) is 6.07 Å². The molecule has 0 aliphatic carbocycles. The highest BCUT2D eigenvalue weighted by atomic mass is 16.6. The minimum absolute atomic E-state index is 0.103. The molecule has 13 heavy (non-hydrogen) atoms. The number of ether oxygens (including phenoxy) is 1. The van der Waals surface area contributed by atoms with Crippen LogP contribution >= 0.6 is 0 Å². The quantitative estimate of drug-likeness (QED) is 0.531. The second-order valence-corrected chi connectivity index (χ2v) is 2.59. The molecule has 1 aromatic carbocycles. The van der Waals surface area contributed by atoms with E-state index in [9.17, 15) is 10.1 Å². The zero-order valence-corrected chi connectivity index (χ0v) is 7.61. The van der Waals surface area contributed by atoms with Crippen LogP contribution in [-0.4, -0.2) is 11.5 Å².